The van der Waals surface area contributed by atoms with Crippen LogP contribution in [-0.4, -0.2) is 77.3 Å². The van der Waals surface area contributed by atoms with Gasteiger partial charge in [0.15, 0.2) is 11.2 Å². The second kappa shape index (κ2) is 17.3. The molecule has 2 N–H and O–H groups in total. The number of rotatable bonds is 6. The summed E-state index contributed by atoms with van der Waals surface area (Å²) in [5, 5.41) is 18.7. The zero-order valence-corrected chi connectivity index (χ0v) is 25.4. The first kappa shape index (κ1) is 39.6. The number of ketones is 1. The van der Waals surface area contributed by atoms with Crippen LogP contribution in [0.5, 0.6) is 0 Å². The van der Waals surface area contributed by atoms with Gasteiger partial charge < -0.3 is 24.4 Å². The van der Waals surface area contributed by atoms with E-state index >= 15 is 0 Å². The molecule has 0 atom stereocenters. The van der Waals surface area contributed by atoms with Crippen molar-refractivity contribution in [1.82, 2.24) is 0 Å². The molecule has 44 heavy (non-hydrogen) atoms. The van der Waals surface area contributed by atoms with Gasteiger partial charge in [-0.1, -0.05) is 0 Å². The summed E-state index contributed by atoms with van der Waals surface area (Å²) < 4.78 is 88.9. The Bertz CT molecular complexity index is 871. The van der Waals surface area contributed by atoms with Crippen LogP contribution in [0.15, 0.2) is 0 Å². The van der Waals surface area contributed by atoms with Gasteiger partial charge in [0, 0.05) is 12.8 Å². The minimum Gasteiger partial charge on any atom is -0.466 e. The summed E-state index contributed by atoms with van der Waals surface area (Å²) in [6.45, 7) is 5.96. The minimum atomic E-state index is -4.62. The zero-order chi connectivity index (χ0) is 33.8. The number of carbonyl (C=O) groups is 4. The number of carbonyl (C=O) groups excluding carboxylic acids is 4. The number of esters is 3. The van der Waals surface area contributed by atoms with Gasteiger partial charge in [-0.15, -0.1) is 0 Å². The highest BCUT2D eigenvalue weighted by Crippen LogP contribution is 2.44. The third-order valence-electron chi connectivity index (χ3n) is 8.08. The Morgan fingerprint density at radius 3 is 1.09 bits per heavy atom. The van der Waals surface area contributed by atoms with Gasteiger partial charge in [-0.3, -0.25) is 19.2 Å². The summed E-state index contributed by atoms with van der Waals surface area (Å²) in [4.78, 5) is 44.6. The minimum absolute atomic E-state index is 0.0227. The molecule has 0 unspecified atom stereocenters. The lowest BCUT2D eigenvalue weighted by Crippen LogP contribution is -2.48. The Balaban J connectivity index is 0.000000334. The van der Waals surface area contributed by atoms with Gasteiger partial charge in [0.2, 0.25) is 0 Å². The normalized spacial score (nSPS) is 27.9. The molecule has 3 aliphatic rings. The highest BCUT2D eigenvalue weighted by atomic mass is 19.4. The maximum Gasteiger partial charge on any atom is 0.417 e. The third kappa shape index (κ3) is 11.8. The van der Waals surface area contributed by atoms with Gasteiger partial charge in [-0.25, -0.2) is 0 Å². The average Bonchev–Trinajstić information content (AvgIpc) is 2.94. The molecule has 3 fully saturated rings. The molecule has 0 radical (unpaired) electrons. The summed E-state index contributed by atoms with van der Waals surface area (Å²) in [6, 6.07) is 0. The number of halogens is 6. The fourth-order valence-corrected chi connectivity index (χ4v) is 5.18. The Morgan fingerprint density at radius 2 is 0.864 bits per heavy atom. The lowest BCUT2D eigenvalue weighted by atomic mass is 9.78. The van der Waals surface area contributed by atoms with Crippen molar-refractivity contribution in [2.75, 3.05) is 19.8 Å². The standard InChI is InChI=1S/2C10H15F3O3.C9H14O3/c2*1-2-16-8(14)7-3-5-9(15,6-4-7)10(11,12)13;1-2-12-9(11)7-3-5-8(10)6-4-7/h2*7,15H,2-6H2,1H3;7H,2-6H2,1H3. The number of hydrogen-bond acceptors (Lipinski definition) is 9. The van der Waals surface area contributed by atoms with Crippen molar-refractivity contribution in [2.24, 2.45) is 17.8 Å². The van der Waals surface area contributed by atoms with Crippen molar-refractivity contribution >= 4 is 23.7 Å². The van der Waals surface area contributed by atoms with Crippen molar-refractivity contribution in [3.05, 3.63) is 0 Å². The molecule has 0 heterocycles. The van der Waals surface area contributed by atoms with Crippen LogP contribution in [0, 0.1) is 17.8 Å². The van der Waals surface area contributed by atoms with Crippen molar-refractivity contribution in [1.29, 1.82) is 0 Å². The molecular weight excluding hydrogens is 606 g/mol. The predicted molar refractivity (Wildman–Crippen MR) is 143 cm³/mol. The number of alkyl halides is 6. The SMILES string of the molecule is CCOC(=O)C1CCC(=O)CC1.CCOC(=O)C1CCC(O)(C(F)(F)F)CC1.CCOC(=O)C1CCC(O)(C(F)(F)F)CC1. The van der Waals surface area contributed by atoms with E-state index in [1.54, 1.807) is 20.8 Å². The van der Waals surface area contributed by atoms with E-state index in [-0.39, 0.29) is 56.6 Å². The van der Waals surface area contributed by atoms with Crippen LogP contribution in [0.2, 0.25) is 0 Å². The summed E-state index contributed by atoms with van der Waals surface area (Å²) in [5.41, 5.74) is -5.26. The highest BCUT2D eigenvalue weighted by Gasteiger charge is 2.56. The third-order valence-corrected chi connectivity index (χ3v) is 8.08. The Kier molecular flexibility index (Phi) is 15.6. The molecule has 0 bridgehead atoms. The van der Waals surface area contributed by atoms with Crippen LogP contribution in [0.25, 0.3) is 0 Å². The molecule has 0 spiro atoms. The summed E-state index contributed by atoms with van der Waals surface area (Å²) in [7, 11) is 0. The van der Waals surface area contributed by atoms with Gasteiger partial charge in [0.1, 0.15) is 5.78 Å². The maximum absolute atomic E-state index is 12.4. The fraction of sp³-hybridized carbons (Fsp3) is 0.862. The highest BCUT2D eigenvalue weighted by molar-refractivity contribution is 5.82. The molecule has 15 heteroatoms. The van der Waals surface area contributed by atoms with Crippen molar-refractivity contribution in [3.8, 4) is 0 Å². The Labute approximate surface area is 253 Å². The van der Waals surface area contributed by atoms with E-state index in [1.807, 2.05) is 0 Å². The van der Waals surface area contributed by atoms with Crippen LogP contribution in [0.3, 0.4) is 0 Å². The smallest absolute Gasteiger partial charge is 0.417 e. The largest absolute Gasteiger partial charge is 0.466 e. The molecule has 3 saturated carbocycles. The second-order valence-corrected chi connectivity index (χ2v) is 11.2. The van der Waals surface area contributed by atoms with Gasteiger partial charge in [-0.05, 0) is 85.0 Å². The molecule has 0 amide bonds. The van der Waals surface area contributed by atoms with E-state index in [0.717, 1.165) is 0 Å². The van der Waals surface area contributed by atoms with Gasteiger partial charge in [0.05, 0.1) is 37.6 Å². The molecule has 9 nitrogen and oxygen atoms in total. The van der Waals surface area contributed by atoms with Crippen molar-refractivity contribution < 1.29 is 69.9 Å². The first-order valence-electron chi connectivity index (χ1n) is 14.9. The van der Waals surface area contributed by atoms with E-state index in [4.69, 9.17) is 14.2 Å². The summed E-state index contributed by atoms with van der Waals surface area (Å²) >= 11 is 0. The van der Waals surface area contributed by atoms with Gasteiger partial charge in [0.25, 0.3) is 0 Å². The average molecular weight is 651 g/mol. The number of aliphatic hydroxyl groups is 2. The maximum atomic E-state index is 12.4. The van der Waals surface area contributed by atoms with Crippen LogP contribution < -0.4 is 0 Å². The molecule has 3 aliphatic carbocycles. The van der Waals surface area contributed by atoms with Gasteiger partial charge >= 0.3 is 30.3 Å². The van der Waals surface area contributed by atoms with Crippen LogP contribution in [0.4, 0.5) is 26.3 Å². The predicted octanol–water partition coefficient (Wildman–Crippen LogP) is 5.38. The van der Waals surface area contributed by atoms with Crippen LogP contribution >= 0.6 is 0 Å². The molecule has 256 valence electrons. The van der Waals surface area contributed by atoms with E-state index in [0.29, 0.717) is 32.3 Å². The van der Waals surface area contributed by atoms with E-state index in [2.05, 4.69) is 0 Å². The Morgan fingerprint density at radius 1 is 0.614 bits per heavy atom. The van der Waals surface area contributed by atoms with E-state index < -0.39 is 73.0 Å². The lowest BCUT2D eigenvalue weighted by Gasteiger charge is -2.36. The summed E-state index contributed by atoms with van der Waals surface area (Å²) in [6.07, 6.45) is -8.42. The topological polar surface area (TPSA) is 136 Å². The molecule has 0 saturated heterocycles. The molecule has 0 aromatic carbocycles. The fourth-order valence-electron chi connectivity index (χ4n) is 5.18. The van der Waals surface area contributed by atoms with Crippen molar-refractivity contribution in [2.45, 2.75) is 121 Å². The van der Waals surface area contributed by atoms with Crippen LogP contribution in [0.1, 0.15) is 97.8 Å². The molecule has 0 aromatic rings. The molecule has 0 aromatic heterocycles. The first-order valence-corrected chi connectivity index (χ1v) is 14.9. The number of Topliss-reactive ketones (excluding diaryl/α,β-unsaturated/α-hetero) is 1. The summed E-state index contributed by atoms with van der Waals surface area (Å²) in [5.74, 6) is -1.84. The van der Waals surface area contributed by atoms with Crippen LogP contribution in [-0.2, 0) is 33.4 Å². The molecular formula is C29H44F6O9. The van der Waals surface area contributed by atoms with E-state index in [9.17, 15) is 55.7 Å². The lowest BCUT2D eigenvalue weighted by molar-refractivity contribution is -0.272. The molecule has 3 rings (SSSR count). The Hall–Kier alpha value is -2.42. The monoisotopic (exact) mass is 650 g/mol. The number of ether oxygens (including phenoxy) is 3. The zero-order valence-electron chi connectivity index (χ0n) is 25.4. The quantitative estimate of drug-likeness (QED) is 0.221. The van der Waals surface area contributed by atoms with Crippen molar-refractivity contribution in [3.63, 3.8) is 0 Å². The molecule has 0 aliphatic heterocycles. The van der Waals surface area contributed by atoms with E-state index in [1.165, 1.54) is 0 Å². The first-order chi connectivity index (χ1) is 20.3. The second-order valence-electron chi connectivity index (χ2n) is 11.2. The van der Waals surface area contributed by atoms with Gasteiger partial charge in [-0.2, -0.15) is 26.3 Å². The number of hydrogen-bond donors (Lipinski definition) is 2.